The summed E-state index contributed by atoms with van der Waals surface area (Å²) in [6.07, 6.45) is 1.58. The number of nitrogen functional groups attached to an aromatic ring is 2. The number of ketones is 2. The van der Waals surface area contributed by atoms with Crippen LogP contribution in [0.3, 0.4) is 0 Å². The van der Waals surface area contributed by atoms with Crippen LogP contribution in [0.25, 0.3) is 0 Å². The van der Waals surface area contributed by atoms with Crippen molar-refractivity contribution in [3.05, 3.63) is 61.5 Å². The molecule has 1 amide bonds. The molecule has 0 saturated heterocycles. The number of hydrogen-bond acceptors (Lipinski definition) is 16. The number of methoxy groups -OCH3 is 1. The zero-order valence-electron chi connectivity index (χ0n) is 42.1. The predicted molar refractivity (Wildman–Crippen MR) is 265 cm³/mol. The van der Waals surface area contributed by atoms with Gasteiger partial charge in [0.1, 0.15) is 29.3 Å². The molecule has 0 saturated carbocycles. The minimum absolute atomic E-state index is 0.0124. The van der Waals surface area contributed by atoms with E-state index in [1.54, 1.807) is 13.8 Å². The van der Waals surface area contributed by atoms with E-state index in [1.807, 2.05) is 34.6 Å². The number of fused-ring (bicyclic) bond motifs is 2. The molecule has 22 heteroatoms. The normalized spacial score (nSPS) is 15.8. The molecule has 2 atom stereocenters. The number of rotatable bonds is 20. The Balaban J connectivity index is 1.15. The number of nitrogens with one attached hydrogen (secondary N) is 3. The van der Waals surface area contributed by atoms with Crippen LogP contribution in [0.15, 0.2) is 14.9 Å². The molecule has 0 aliphatic carbocycles. The van der Waals surface area contributed by atoms with Crippen molar-refractivity contribution in [3.8, 4) is 11.5 Å². The number of esters is 1. The van der Waals surface area contributed by atoms with E-state index in [4.69, 9.17) is 37.1 Å². The van der Waals surface area contributed by atoms with Crippen molar-refractivity contribution in [2.24, 2.45) is 27.4 Å². The maximum atomic E-state index is 13.6. The number of amides is 1. The number of sulfonamides is 1. The molecule has 3 heterocycles. The number of carbonyl (C=O) groups is 4. The summed E-state index contributed by atoms with van der Waals surface area (Å²) in [7, 11) is -2.99. The summed E-state index contributed by atoms with van der Waals surface area (Å²) < 4.78 is 46.8. The third-order valence-electron chi connectivity index (χ3n) is 12.9. The van der Waals surface area contributed by atoms with Crippen LogP contribution < -0.4 is 47.8 Å². The van der Waals surface area contributed by atoms with Crippen molar-refractivity contribution in [1.82, 2.24) is 25.3 Å². The van der Waals surface area contributed by atoms with E-state index in [0.29, 0.717) is 36.3 Å². The van der Waals surface area contributed by atoms with Gasteiger partial charge in [-0.05, 0) is 134 Å². The Morgan fingerprint density at radius 3 is 1.96 bits per heavy atom. The zero-order chi connectivity index (χ0) is 52.2. The van der Waals surface area contributed by atoms with Gasteiger partial charge >= 0.3 is 5.97 Å². The number of anilines is 2. The SMILES string of the molecule is COC(=O)[C@H](CCCN=C(N)NS(=O)(=O)c1c(C)c(C)c2c(c1C)CC(C)(C)O2)CC(=O)c1nc(N)c(C(=O)NC(CCCNC(N)=NCc2c(C)c(C)c3c(c2C)CC(C)(C)O3)C(=O)CO)nc1N. The number of ether oxygens (including phenoxy) is 3. The summed E-state index contributed by atoms with van der Waals surface area (Å²) in [6, 6.07) is -1.15. The Morgan fingerprint density at radius 2 is 1.36 bits per heavy atom. The fourth-order valence-corrected chi connectivity index (χ4v) is 10.5. The number of carbonyl (C=O) groups excluding carboxylic acids is 4. The van der Waals surface area contributed by atoms with Gasteiger partial charge in [0, 0.05) is 43.5 Å². The van der Waals surface area contributed by atoms with Crippen molar-refractivity contribution >= 4 is 57.0 Å². The van der Waals surface area contributed by atoms with Crippen LogP contribution in [0.5, 0.6) is 11.5 Å². The van der Waals surface area contributed by atoms with Gasteiger partial charge in [0.25, 0.3) is 15.9 Å². The molecular formula is C48H69N11O10S. The molecule has 0 bridgehead atoms. The molecule has 0 radical (unpaired) electrons. The van der Waals surface area contributed by atoms with E-state index in [2.05, 4.69) is 56.1 Å². The average molecular weight is 992 g/mol. The monoisotopic (exact) mass is 991 g/mol. The number of hydrogen-bond donors (Lipinski definition) is 8. The molecule has 12 N–H and O–H groups in total. The second kappa shape index (κ2) is 21.6. The Hall–Kier alpha value is -6.55. The minimum atomic E-state index is -4.15. The molecular weight excluding hydrogens is 923 g/mol. The van der Waals surface area contributed by atoms with E-state index < -0.39 is 87.1 Å². The lowest BCUT2D eigenvalue weighted by Crippen LogP contribution is -2.43. The van der Waals surface area contributed by atoms with Crippen LogP contribution in [-0.4, -0.2) is 103 Å². The van der Waals surface area contributed by atoms with E-state index in [0.717, 1.165) is 52.7 Å². The molecule has 70 heavy (non-hydrogen) atoms. The van der Waals surface area contributed by atoms with Gasteiger partial charge in [-0.25, -0.2) is 28.1 Å². The quantitative estimate of drug-likeness (QED) is 0.0265. The van der Waals surface area contributed by atoms with Gasteiger partial charge in [0.2, 0.25) is 5.96 Å². The number of nitrogens with two attached hydrogens (primary N) is 4. The lowest BCUT2D eigenvalue weighted by Gasteiger charge is -2.19. The third kappa shape index (κ3) is 12.2. The highest BCUT2D eigenvalue weighted by Gasteiger charge is 2.38. The fourth-order valence-electron chi connectivity index (χ4n) is 9.01. The Morgan fingerprint density at radius 1 is 0.786 bits per heavy atom. The number of aliphatic hydroxyl groups is 1. The summed E-state index contributed by atoms with van der Waals surface area (Å²) >= 11 is 0. The molecule has 3 aromatic rings. The largest absolute Gasteiger partial charge is 0.487 e. The number of Topliss-reactive ketones (excluding diaryl/α,β-unsaturated/α-hetero) is 2. The summed E-state index contributed by atoms with van der Waals surface area (Å²) in [4.78, 5) is 69.2. The zero-order valence-corrected chi connectivity index (χ0v) is 42.9. The second-order valence-electron chi connectivity index (χ2n) is 19.2. The summed E-state index contributed by atoms with van der Waals surface area (Å²) in [5, 5.41) is 15.2. The van der Waals surface area contributed by atoms with Crippen LogP contribution in [0.2, 0.25) is 0 Å². The van der Waals surface area contributed by atoms with Gasteiger partial charge in [-0.1, -0.05) is 0 Å². The van der Waals surface area contributed by atoms with Gasteiger partial charge in [0.15, 0.2) is 40.5 Å². The maximum absolute atomic E-state index is 13.6. The predicted octanol–water partition coefficient (Wildman–Crippen LogP) is 2.90. The number of aliphatic imine (C=N–C) groups is 2. The van der Waals surface area contributed by atoms with E-state index in [-0.39, 0.29) is 54.8 Å². The van der Waals surface area contributed by atoms with Gasteiger partial charge in [-0.2, -0.15) is 0 Å². The molecule has 1 aromatic heterocycles. The molecule has 21 nitrogen and oxygen atoms in total. The van der Waals surface area contributed by atoms with Gasteiger partial charge in [-0.3, -0.25) is 24.2 Å². The number of benzene rings is 2. The third-order valence-corrected chi connectivity index (χ3v) is 14.6. The van der Waals surface area contributed by atoms with E-state index in [9.17, 15) is 32.7 Å². The number of nitrogens with zero attached hydrogens (tertiary/aromatic N) is 4. The molecule has 5 rings (SSSR count). The first-order valence-electron chi connectivity index (χ1n) is 23.1. The van der Waals surface area contributed by atoms with Crippen LogP contribution in [0.1, 0.15) is 131 Å². The standard InChI is InChI=1S/C48H69N11O10S/c1-23-24(2)38-30(19-47(7,8)68-38)27(5)32(23)21-55-45(51)53-17-13-15-33(35(62)22-60)56-43(63)37-42(50)57-36(41(49)58-37)34(61)18-29(44(64)67-11)14-12-16-54-46(52)59-70(65,66)40-26(4)25(3)39-31(28(40)6)20-48(9,10)69-39/h29,33,60H,12-22H2,1-11H3,(H2,49,58)(H2,50,57)(H,56,63)(H3,51,53,55)(H3,52,54,59)/t29-,33?/m1/s1. The van der Waals surface area contributed by atoms with Gasteiger partial charge in [-0.15, -0.1) is 0 Å². The van der Waals surface area contributed by atoms with Crippen molar-refractivity contribution in [2.75, 3.05) is 38.3 Å². The topological polar surface area (TPSA) is 341 Å². The highest BCUT2D eigenvalue weighted by Crippen LogP contribution is 2.44. The summed E-state index contributed by atoms with van der Waals surface area (Å²) in [5.74, 6) is -3.54. The maximum Gasteiger partial charge on any atom is 0.309 e. The number of aliphatic hydroxyl groups excluding tert-OH is 1. The lowest BCUT2D eigenvalue weighted by molar-refractivity contribution is -0.145. The van der Waals surface area contributed by atoms with Crippen molar-refractivity contribution in [1.29, 1.82) is 0 Å². The van der Waals surface area contributed by atoms with Crippen LogP contribution in [0, 0.1) is 47.5 Å². The average Bonchev–Trinajstić information content (AvgIpc) is 3.81. The smallest absolute Gasteiger partial charge is 0.309 e. The molecule has 2 aromatic carbocycles. The number of aromatic nitrogens is 2. The highest BCUT2D eigenvalue weighted by atomic mass is 32.2. The molecule has 2 aliphatic heterocycles. The number of guanidine groups is 2. The van der Waals surface area contributed by atoms with Gasteiger partial charge in [0.05, 0.1) is 30.5 Å². The molecule has 1 unspecified atom stereocenters. The van der Waals surface area contributed by atoms with Crippen LogP contribution in [0.4, 0.5) is 11.6 Å². The summed E-state index contributed by atoms with van der Waals surface area (Å²) in [6.45, 7) is 19.2. The minimum Gasteiger partial charge on any atom is -0.487 e. The second-order valence-corrected chi connectivity index (χ2v) is 20.8. The van der Waals surface area contributed by atoms with Crippen LogP contribution >= 0.6 is 0 Å². The van der Waals surface area contributed by atoms with Crippen molar-refractivity contribution in [2.45, 2.75) is 143 Å². The molecule has 0 spiro atoms. The fraction of sp³-hybridized carbons (Fsp3) is 0.542. The first-order valence-corrected chi connectivity index (χ1v) is 24.6. The molecule has 0 fully saturated rings. The molecule has 2 aliphatic rings. The lowest BCUT2D eigenvalue weighted by atomic mass is 9.89. The highest BCUT2D eigenvalue weighted by molar-refractivity contribution is 7.90. The Bertz CT molecular complexity index is 2750. The van der Waals surface area contributed by atoms with Crippen LogP contribution in [-0.2, 0) is 43.7 Å². The Kier molecular flexibility index (Phi) is 16.8. The van der Waals surface area contributed by atoms with E-state index in [1.165, 1.54) is 5.56 Å². The summed E-state index contributed by atoms with van der Waals surface area (Å²) in [5.41, 5.74) is 31.0. The Labute approximate surface area is 409 Å². The first kappa shape index (κ1) is 54.4. The van der Waals surface area contributed by atoms with Crippen molar-refractivity contribution < 1.29 is 46.9 Å². The van der Waals surface area contributed by atoms with Gasteiger partial charge < -0.3 is 52.9 Å². The van der Waals surface area contributed by atoms with Crippen molar-refractivity contribution in [3.63, 3.8) is 0 Å². The van der Waals surface area contributed by atoms with E-state index >= 15 is 0 Å². The first-order chi connectivity index (χ1) is 32.6. The molecule has 382 valence electrons.